The van der Waals surface area contributed by atoms with Crippen molar-refractivity contribution in [1.29, 1.82) is 0 Å². The lowest BCUT2D eigenvalue weighted by molar-refractivity contribution is -0.684. The highest BCUT2D eigenvalue weighted by Crippen LogP contribution is 2.20. The molecule has 0 unspecified atom stereocenters. The zero-order chi connectivity index (χ0) is 65.8. The fourth-order valence-electron chi connectivity index (χ4n) is 8.98. The van der Waals surface area contributed by atoms with Crippen LogP contribution in [0.4, 0.5) is 31.4 Å². The minimum absolute atomic E-state index is 0.215. The summed E-state index contributed by atoms with van der Waals surface area (Å²) in [7, 11) is 0. The van der Waals surface area contributed by atoms with E-state index in [1.54, 1.807) is 14.7 Å². The summed E-state index contributed by atoms with van der Waals surface area (Å²) in [5.74, 6) is -0.0491. The largest absolute Gasteiger partial charge is 0.550 e. The smallest absolute Gasteiger partial charge is 0.409 e. The Morgan fingerprint density at radius 3 is 0.800 bits per heavy atom. The summed E-state index contributed by atoms with van der Waals surface area (Å²) in [5.41, 5.74) is 6.64. The number of aliphatic carboxylic acids is 3. The molecule has 3 aliphatic rings. The lowest BCUT2D eigenvalue weighted by atomic mass is 10.2. The number of carbonyl (C=O) groups is 6. The van der Waals surface area contributed by atoms with Crippen LogP contribution in [0.2, 0.25) is 0 Å². The maximum absolute atomic E-state index is 11.8. The quantitative estimate of drug-likeness (QED) is 0.0755. The summed E-state index contributed by atoms with van der Waals surface area (Å²) < 4.78 is 20.7. The summed E-state index contributed by atoms with van der Waals surface area (Å²) in [6, 6.07) is 25.0. The van der Waals surface area contributed by atoms with E-state index < -0.39 is 17.9 Å². The molecular weight excluding hydrogens is 1160 g/mol. The molecule has 90 heavy (non-hydrogen) atoms. The summed E-state index contributed by atoms with van der Waals surface area (Å²) >= 11 is 0. The number of benzene rings is 3. The Morgan fingerprint density at radius 1 is 0.400 bits per heavy atom. The molecule has 3 aliphatic heterocycles. The Balaban J connectivity index is 0.000000264. The number of ether oxygens (including phenoxy) is 3. The van der Waals surface area contributed by atoms with Gasteiger partial charge in [0.15, 0.2) is 18.6 Å². The fourth-order valence-corrected chi connectivity index (χ4v) is 8.98. The number of aromatic nitrogens is 6. The molecule has 27 nitrogen and oxygen atoms in total. The lowest BCUT2D eigenvalue weighted by Gasteiger charge is -2.35. The molecule has 0 spiro atoms. The third kappa shape index (κ3) is 25.7. The number of H-pyrrole nitrogens is 3. The minimum Gasteiger partial charge on any atom is -0.550 e. The predicted molar refractivity (Wildman–Crippen MR) is 334 cm³/mol. The van der Waals surface area contributed by atoms with E-state index in [-0.39, 0.29) is 18.3 Å². The topological polar surface area (TPSA) is 315 Å². The standard InChI is InChI=1S/3C19H25N5O2.3C2H4O2/c3*1-3-18-20-9-10-24(18)21-15-16-5-7-17(8-6-16)22-11-13-23(14-12-22)19(25)26-4-2;3*1-2(3)4/h3*5-10,15H,3-4,11-14H2,1-2H3;3*1H3,(H,3,4). The number of amides is 3. The molecule has 3 fully saturated rings. The van der Waals surface area contributed by atoms with Crippen molar-refractivity contribution >= 4 is 71.9 Å². The van der Waals surface area contributed by atoms with Crippen molar-refractivity contribution in [3.63, 3.8) is 0 Å². The van der Waals surface area contributed by atoms with E-state index in [2.05, 4.69) is 139 Å². The van der Waals surface area contributed by atoms with Crippen molar-refractivity contribution in [3.8, 4) is 0 Å². The van der Waals surface area contributed by atoms with Gasteiger partial charge in [-0.1, -0.05) is 72.5 Å². The average Bonchev–Trinajstić information content (AvgIpc) is 4.19. The number of hydrogen-bond acceptors (Lipinski definition) is 18. The van der Waals surface area contributed by atoms with Crippen molar-refractivity contribution in [1.82, 2.24) is 29.7 Å². The van der Waals surface area contributed by atoms with E-state index in [9.17, 15) is 14.4 Å². The molecule has 486 valence electrons. The van der Waals surface area contributed by atoms with Crippen molar-refractivity contribution in [2.45, 2.75) is 81.6 Å². The van der Waals surface area contributed by atoms with Gasteiger partial charge in [0.2, 0.25) is 0 Å². The van der Waals surface area contributed by atoms with Gasteiger partial charge in [-0.15, -0.1) is 14.0 Å². The number of nitrogens with one attached hydrogen (secondary N) is 3. The molecular formula is C63H87N15O12. The number of rotatable bonds is 15. The Labute approximate surface area is 526 Å². The van der Waals surface area contributed by atoms with E-state index in [1.807, 2.05) is 90.6 Å². The van der Waals surface area contributed by atoms with Crippen LogP contribution in [0.1, 0.15) is 96.5 Å². The van der Waals surface area contributed by atoms with Crippen LogP contribution in [0.3, 0.4) is 0 Å². The zero-order valence-electron chi connectivity index (χ0n) is 53.1. The van der Waals surface area contributed by atoms with Gasteiger partial charge in [0, 0.05) is 133 Å². The highest BCUT2D eigenvalue weighted by molar-refractivity contribution is 5.81. The third-order valence-corrected chi connectivity index (χ3v) is 13.4. The van der Waals surface area contributed by atoms with Crippen LogP contribution in [-0.2, 0) is 47.9 Å². The van der Waals surface area contributed by atoms with E-state index in [4.69, 9.17) is 43.9 Å². The first kappa shape index (κ1) is 72.4. The van der Waals surface area contributed by atoms with Crippen LogP contribution in [0, 0.1) is 0 Å². The molecule has 3 N–H and O–H groups in total. The van der Waals surface area contributed by atoms with Gasteiger partial charge in [0.05, 0.1) is 38.5 Å². The maximum Gasteiger partial charge on any atom is 0.409 e. The van der Waals surface area contributed by atoms with Crippen LogP contribution in [0.5, 0.6) is 0 Å². The van der Waals surface area contributed by atoms with Gasteiger partial charge < -0.3 is 73.3 Å². The van der Waals surface area contributed by atoms with Crippen molar-refractivity contribution < 1.29 is 72.3 Å². The number of hydrogen-bond donors (Lipinski definition) is 3. The molecule has 0 saturated carbocycles. The number of carboxylic acids is 3. The summed E-state index contributed by atoms with van der Waals surface area (Å²) in [5, 5.41) is 40.1. The SMILES string of the molecule is CC(=O)[O-].CC(=O)[O-].CC(=O)[O-].CCOC(=O)N1CCN(c2ccc(C=N[n+]3cc[nH]c3CC)cc2)CC1.CCOC(=O)N1CCN(c2ccc(C=N[n+]3cc[nH]c3CC)cc2)CC1.CCOC(=O)N1CCN(c2ccc(C=N[n+]3cc[nH]c3CC)cc2)CC1. The number of aryl methyl sites for hydroxylation is 3. The zero-order valence-corrected chi connectivity index (χ0v) is 53.1. The Hall–Kier alpha value is -10.1. The molecule has 3 amide bonds. The van der Waals surface area contributed by atoms with E-state index >= 15 is 0 Å². The summed E-state index contributed by atoms with van der Waals surface area (Å²) in [4.78, 5) is 83.6. The molecule has 0 atom stereocenters. The number of nitrogens with zero attached hydrogens (tertiary/aromatic N) is 12. The average molecular weight is 1250 g/mol. The van der Waals surface area contributed by atoms with E-state index in [0.717, 1.165) is 131 Å². The number of piperazine rings is 3. The second-order valence-corrected chi connectivity index (χ2v) is 19.8. The monoisotopic (exact) mass is 1250 g/mol. The molecule has 9 rings (SSSR count). The molecule has 27 heteroatoms. The Kier molecular flexibility index (Phi) is 31.9. The molecule has 6 aromatic rings. The summed E-state index contributed by atoms with van der Waals surface area (Å²) in [6.07, 6.45) is 19.0. The van der Waals surface area contributed by atoms with Gasteiger partial charge in [0.25, 0.3) is 17.5 Å². The molecule has 6 heterocycles. The minimum atomic E-state index is -1.08. The van der Waals surface area contributed by atoms with Gasteiger partial charge in [-0.3, -0.25) is 0 Å². The molecule has 3 aromatic heterocycles. The van der Waals surface area contributed by atoms with Crippen LogP contribution in [0.25, 0.3) is 0 Å². The first-order valence-corrected chi connectivity index (χ1v) is 30.0. The number of carbonyl (C=O) groups excluding carboxylic acids is 6. The van der Waals surface area contributed by atoms with Crippen molar-refractivity contribution in [2.24, 2.45) is 15.3 Å². The lowest BCUT2D eigenvalue weighted by Crippen LogP contribution is -2.49. The second kappa shape index (κ2) is 39.7. The van der Waals surface area contributed by atoms with Gasteiger partial charge >= 0.3 is 18.3 Å². The maximum atomic E-state index is 11.8. The Bertz CT molecular complexity index is 2840. The van der Waals surface area contributed by atoms with Crippen LogP contribution in [0.15, 0.2) is 125 Å². The number of anilines is 3. The highest BCUT2D eigenvalue weighted by Gasteiger charge is 2.25. The van der Waals surface area contributed by atoms with Gasteiger partial charge in [-0.2, -0.15) is 0 Å². The first-order chi connectivity index (χ1) is 43.3. The van der Waals surface area contributed by atoms with Gasteiger partial charge in [-0.25, -0.2) is 29.3 Å². The van der Waals surface area contributed by atoms with Gasteiger partial charge in [-0.05, 0) is 94.6 Å². The second-order valence-electron chi connectivity index (χ2n) is 19.8. The normalized spacial score (nSPS) is 13.7. The summed E-state index contributed by atoms with van der Waals surface area (Å²) in [6.45, 7) is 24.9. The Morgan fingerprint density at radius 2 is 0.611 bits per heavy atom. The molecule has 3 saturated heterocycles. The molecule has 0 bridgehead atoms. The fraction of sp³-hybridized carbons (Fsp3) is 0.429. The van der Waals surface area contributed by atoms with Crippen LogP contribution >= 0.6 is 0 Å². The third-order valence-electron chi connectivity index (χ3n) is 13.4. The molecule has 0 radical (unpaired) electrons. The highest BCUT2D eigenvalue weighted by atomic mass is 16.6. The molecule has 0 aliphatic carbocycles. The first-order valence-electron chi connectivity index (χ1n) is 30.0. The number of aromatic amines is 3. The predicted octanol–water partition coefficient (Wildman–Crippen LogP) is 2.34. The van der Waals surface area contributed by atoms with Crippen molar-refractivity contribution in [2.75, 3.05) is 113 Å². The van der Waals surface area contributed by atoms with E-state index in [1.165, 1.54) is 0 Å². The number of carboxylic acid groups (broad SMARTS) is 3. The van der Waals surface area contributed by atoms with Crippen molar-refractivity contribution in [3.05, 3.63) is 144 Å². The van der Waals surface area contributed by atoms with Crippen LogP contribution in [-0.4, -0.2) is 183 Å². The number of imidazole rings is 3. The van der Waals surface area contributed by atoms with Crippen LogP contribution < -0.4 is 44.0 Å². The van der Waals surface area contributed by atoms with Gasteiger partial charge in [0.1, 0.15) is 18.6 Å². The molecule has 3 aromatic carbocycles. The van der Waals surface area contributed by atoms with E-state index in [0.29, 0.717) is 59.1 Å².